The van der Waals surface area contributed by atoms with Crippen molar-refractivity contribution in [1.29, 1.82) is 0 Å². The van der Waals surface area contributed by atoms with Crippen LogP contribution in [-0.2, 0) is 6.18 Å². The highest BCUT2D eigenvalue weighted by molar-refractivity contribution is 6.33. The van der Waals surface area contributed by atoms with E-state index in [0.29, 0.717) is 11.6 Å². The van der Waals surface area contributed by atoms with Crippen LogP contribution in [-0.4, -0.2) is 21.0 Å². The minimum atomic E-state index is -4.56. The molecule has 2 heterocycles. The number of aromatic nitrogens is 3. The fourth-order valence-corrected chi connectivity index (χ4v) is 2.25. The van der Waals surface area contributed by atoms with Crippen LogP contribution in [0.4, 0.5) is 30.5 Å². The zero-order chi connectivity index (χ0) is 19.6. The van der Waals surface area contributed by atoms with Gasteiger partial charge in [-0.3, -0.25) is 4.79 Å². The van der Waals surface area contributed by atoms with Crippen LogP contribution in [0.2, 0.25) is 5.02 Å². The molecule has 0 saturated carbocycles. The number of anilines is 3. The summed E-state index contributed by atoms with van der Waals surface area (Å²) < 4.78 is 43.4. The Hall–Kier alpha value is -3.14. The van der Waals surface area contributed by atoms with Crippen LogP contribution >= 0.6 is 11.6 Å². The third kappa shape index (κ3) is 4.53. The van der Waals surface area contributed by atoms with Gasteiger partial charge in [-0.05, 0) is 25.1 Å². The van der Waals surface area contributed by atoms with Crippen molar-refractivity contribution in [2.75, 3.05) is 10.6 Å². The fraction of sp³-hybridized carbons (Fsp3) is 0.125. The molecule has 3 rings (SSSR count). The molecule has 0 saturated heterocycles. The lowest BCUT2D eigenvalue weighted by molar-refractivity contribution is -0.137. The van der Waals surface area contributed by atoms with E-state index in [-0.39, 0.29) is 22.2 Å². The Bertz CT molecular complexity index is 990. The molecular weight excluding hydrogens is 387 g/mol. The van der Waals surface area contributed by atoms with Crippen LogP contribution in [0.1, 0.15) is 21.8 Å². The summed E-state index contributed by atoms with van der Waals surface area (Å²) in [6.45, 7) is 1.70. The van der Waals surface area contributed by atoms with Gasteiger partial charge in [0.1, 0.15) is 23.6 Å². The lowest BCUT2D eigenvalue weighted by atomic mass is 10.2. The van der Waals surface area contributed by atoms with Gasteiger partial charge in [-0.15, -0.1) is 0 Å². The van der Waals surface area contributed by atoms with Gasteiger partial charge < -0.3 is 15.2 Å². The van der Waals surface area contributed by atoms with Crippen LogP contribution in [0.15, 0.2) is 41.2 Å². The van der Waals surface area contributed by atoms with Crippen LogP contribution in [0.5, 0.6) is 0 Å². The van der Waals surface area contributed by atoms with Gasteiger partial charge in [0.05, 0.1) is 16.3 Å². The molecule has 2 aromatic heterocycles. The largest absolute Gasteiger partial charge is 0.416 e. The monoisotopic (exact) mass is 397 g/mol. The van der Waals surface area contributed by atoms with Crippen molar-refractivity contribution in [1.82, 2.24) is 15.1 Å². The molecule has 0 bridgehead atoms. The fourth-order valence-electron chi connectivity index (χ4n) is 2.09. The Kier molecular flexibility index (Phi) is 5.00. The second-order valence-corrected chi connectivity index (χ2v) is 5.79. The van der Waals surface area contributed by atoms with E-state index in [1.165, 1.54) is 6.07 Å². The maximum atomic E-state index is 12.8. The SMILES string of the molecule is Cc1cc(Nc2cc(C(=O)Nc3cc(C(F)(F)F)ccc3Cl)ncn2)no1. The molecule has 27 heavy (non-hydrogen) atoms. The highest BCUT2D eigenvalue weighted by atomic mass is 35.5. The predicted molar refractivity (Wildman–Crippen MR) is 91.0 cm³/mol. The zero-order valence-corrected chi connectivity index (χ0v) is 14.4. The summed E-state index contributed by atoms with van der Waals surface area (Å²) in [7, 11) is 0. The van der Waals surface area contributed by atoms with Crippen LogP contribution in [0.25, 0.3) is 0 Å². The summed E-state index contributed by atoms with van der Waals surface area (Å²) in [5, 5.41) is 8.81. The van der Waals surface area contributed by atoms with Gasteiger partial charge in [0.2, 0.25) is 0 Å². The molecule has 2 N–H and O–H groups in total. The summed E-state index contributed by atoms with van der Waals surface area (Å²) in [5.41, 5.74) is -1.20. The number of carbonyl (C=O) groups excluding carboxylic acids is 1. The first-order chi connectivity index (χ1) is 12.7. The Morgan fingerprint density at radius 2 is 1.93 bits per heavy atom. The van der Waals surface area contributed by atoms with Gasteiger partial charge in [-0.2, -0.15) is 13.2 Å². The number of rotatable bonds is 4. The number of amides is 1. The van der Waals surface area contributed by atoms with Gasteiger partial charge in [-0.1, -0.05) is 16.8 Å². The average Bonchev–Trinajstić information content (AvgIpc) is 3.01. The van der Waals surface area contributed by atoms with Crippen molar-refractivity contribution in [3.05, 3.63) is 58.7 Å². The quantitative estimate of drug-likeness (QED) is 0.676. The second-order valence-electron chi connectivity index (χ2n) is 5.38. The molecule has 140 valence electrons. The summed E-state index contributed by atoms with van der Waals surface area (Å²) in [6, 6.07) is 5.55. The number of hydrogen-bond acceptors (Lipinski definition) is 6. The first-order valence-corrected chi connectivity index (χ1v) is 7.80. The lowest BCUT2D eigenvalue weighted by Crippen LogP contribution is -2.15. The normalized spacial score (nSPS) is 11.3. The van der Waals surface area contributed by atoms with Crippen molar-refractivity contribution in [3.8, 4) is 0 Å². The number of hydrogen-bond donors (Lipinski definition) is 2. The lowest BCUT2D eigenvalue weighted by Gasteiger charge is -2.11. The number of carbonyl (C=O) groups is 1. The summed E-state index contributed by atoms with van der Waals surface area (Å²) in [4.78, 5) is 20.1. The molecule has 0 spiro atoms. The Morgan fingerprint density at radius 1 is 1.15 bits per heavy atom. The van der Waals surface area contributed by atoms with Gasteiger partial charge in [0, 0.05) is 12.1 Å². The van der Waals surface area contributed by atoms with Crippen molar-refractivity contribution in [3.63, 3.8) is 0 Å². The molecule has 0 fully saturated rings. The van der Waals surface area contributed by atoms with Crippen molar-refractivity contribution < 1.29 is 22.5 Å². The van der Waals surface area contributed by atoms with Crippen molar-refractivity contribution in [2.45, 2.75) is 13.1 Å². The maximum Gasteiger partial charge on any atom is 0.416 e. The Balaban J connectivity index is 1.79. The predicted octanol–water partition coefficient (Wildman–Crippen LogP) is 4.44. The Labute approximate surface area is 155 Å². The van der Waals surface area contributed by atoms with E-state index >= 15 is 0 Å². The van der Waals surface area contributed by atoms with Crippen LogP contribution in [0.3, 0.4) is 0 Å². The van der Waals surface area contributed by atoms with Crippen LogP contribution in [0, 0.1) is 6.92 Å². The molecule has 0 aliphatic heterocycles. The number of halogens is 4. The molecule has 0 unspecified atom stereocenters. The van der Waals surface area contributed by atoms with Gasteiger partial charge in [0.25, 0.3) is 5.91 Å². The molecule has 0 atom stereocenters. The molecule has 7 nitrogen and oxygen atoms in total. The van der Waals surface area contributed by atoms with Gasteiger partial charge in [0.15, 0.2) is 5.82 Å². The molecule has 0 radical (unpaired) electrons. The third-order valence-corrected chi connectivity index (χ3v) is 3.66. The smallest absolute Gasteiger partial charge is 0.360 e. The number of alkyl halides is 3. The number of nitrogens with zero attached hydrogens (tertiary/aromatic N) is 3. The van der Waals surface area contributed by atoms with Crippen molar-refractivity contribution in [2.24, 2.45) is 0 Å². The zero-order valence-electron chi connectivity index (χ0n) is 13.6. The Morgan fingerprint density at radius 3 is 2.59 bits per heavy atom. The van der Waals surface area contributed by atoms with E-state index < -0.39 is 17.6 Å². The van der Waals surface area contributed by atoms with E-state index in [4.69, 9.17) is 16.1 Å². The highest BCUT2D eigenvalue weighted by Crippen LogP contribution is 2.34. The van der Waals surface area contributed by atoms with E-state index in [1.54, 1.807) is 13.0 Å². The number of benzene rings is 1. The molecule has 11 heteroatoms. The minimum Gasteiger partial charge on any atom is -0.360 e. The number of aryl methyl sites for hydroxylation is 1. The molecule has 0 aliphatic rings. The second kappa shape index (κ2) is 7.23. The molecule has 1 aromatic carbocycles. The standard InChI is InChI=1S/C16H11ClF3N5O2/c1-8-4-14(25-27-8)24-13-6-12(21-7-22-13)15(26)23-11-5-9(16(18,19)20)2-3-10(11)17/h2-7H,1H3,(H,23,26)(H,21,22,24,25). The molecule has 1 amide bonds. The molecule has 0 aliphatic carbocycles. The van der Waals surface area contributed by atoms with Gasteiger partial charge in [-0.25, -0.2) is 9.97 Å². The minimum absolute atomic E-state index is 0.0400. The molecule has 3 aromatic rings. The van der Waals surface area contributed by atoms with Crippen LogP contribution < -0.4 is 10.6 Å². The first-order valence-electron chi connectivity index (χ1n) is 7.43. The summed E-state index contributed by atoms with van der Waals surface area (Å²) in [6.07, 6.45) is -3.44. The maximum absolute atomic E-state index is 12.8. The number of nitrogens with one attached hydrogen (secondary N) is 2. The average molecular weight is 398 g/mol. The topological polar surface area (TPSA) is 92.9 Å². The first kappa shape index (κ1) is 18.6. The van der Waals surface area contributed by atoms with E-state index in [0.717, 1.165) is 24.5 Å². The third-order valence-electron chi connectivity index (χ3n) is 3.33. The van der Waals surface area contributed by atoms with Gasteiger partial charge >= 0.3 is 6.18 Å². The van der Waals surface area contributed by atoms with E-state index in [1.807, 2.05) is 0 Å². The van der Waals surface area contributed by atoms with Crippen molar-refractivity contribution >= 4 is 34.8 Å². The summed E-state index contributed by atoms with van der Waals surface area (Å²) in [5.74, 6) is 0.443. The van der Waals surface area contributed by atoms with E-state index in [9.17, 15) is 18.0 Å². The highest BCUT2D eigenvalue weighted by Gasteiger charge is 2.31. The van der Waals surface area contributed by atoms with E-state index in [2.05, 4.69) is 25.8 Å². The molecular formula is C16H11ClF3N5O2. The summed E-state index contributed by atoms with van der Waals surface area (Å²) >= 11 is 5.87.